The van der Waals surface area contributed by atoms with Gasteiger partial charge in [0, 0.05) is 37.4 Å². The Morgan fingerprint density at radius 3 is 2.78 bits per heavy atom. The van der Waals surface area contributed by atoms with Crippen LogP contribution in [-0.2, 0) is 11.3 Å². The Hall–Kier alpha value is -3.65. The summed E-state index contributed by atoms with van der Waals surface area (Å²) < 4.78 is 21.4. The molecule has 0 bridgehead atoms. The van der Waals surface area contributed by atoms with Gasteiger partial charge in [-0.3, -0.25) is 0 Å². The van der Waals surface area contributed by atoms with Crippen molar-refractivity contribution in [3.8, 4) is 11.1 Å². The molecule has 1 saturated heterocycles. The van der Waals surface area contributed by atoms with Gasteiger partial charge in [-0.1, -0.05) is 29.8 Å². The molecule has 0 unspecified atom stereocenters. The molecule has 1 saturated carbocycles. The number of halogens is 2. The Bertz CT molecular complexity index is 1590. The summed E-state index contributed by atoms with van der Waals surface area (Å²) in [6, 6.07) is 14.9. The molecule has 214 valence electrons. The van der Waals surface area contributed by atoms with Crippen LogP contribution in [0.3, 0.4) is 0 Å². The number of nitrogens with zero attached hydrogens (tertiary/aromatic N) is 4. The lowest BCUT2D eigenvalue weighted by Gasteiger charge is -2.53. The number of imidazole rings is 1. The summed E-state index contributed by atoms with van der Waals surface area (Å²) in [5.41, 5.74) is 4.16. The number of hydrogen-bond donors (Lipinski definition) is 1. The summed E-state index contributed by atoms with van der Waals surface area (Å²) in [5, 5.41) is 4.16. The predicted octanol–water partition coefficient (Wildman–Crippen LogP) is 7.53. The highest BCUT2D eigenvalue weighted by Crippen LogP contribution is 2.49. The van der Waals surface area contributed by atoms with Gasteiger partial charge in [0.15, 0.2) is 0 Å². The van der Waals surface area contributed by atoms with Crippen molar-refractivity contribution in [3.05, 3.63) is 77.5 Å². The summed E-state index contributed by atoms with van der Waals surface area (Å²) in [6.45, 7) is 7.72. The smallest absolute Gasteiger partial charge is 0.410 e. The van der Waals surface area contributed by atoms with Crippen molar-refractivity contribution in [2.24, 2.45) is 5.41 Å². The Morgan fingerprint density at radius 1 is 1.17 bits per heavy atom. The minimum atomic E-state index is -0.491. The van der Waals surface area contributed by atoms with Gasteiger partial charge in [-0.05, 0) is 93.3 Å². The van der Waals surface area contributed by atoms with Crippen molar-refractivity contribution in [1.29, 1.82) is 0 Å². The number of anilines is 1. The maximum absolute atomic E-state index is 13.7. The van der Waals surface area contributed by atoms with Crippen LogP contribution in [0.2, 0.25) is 5.02 Å². The number of pyridine rings is 1. The van der Waals surface area contributed by atoms with Gasteiger partial charge in [0.05, 0.1) is 22.4 Å². The van der Waals surface area contributed by atoms with E-state index in [9.17, 15) is 9.18 Å². The van der Waals surface area contributed by atoms with E-state index in [-0.39, 0.29) is 23.4 Å². The highest BCUT2D eigenvalue weighted by Gasteiger charge is 2.48. The van der Waals surface area contributed by atoms with E-state index in [1.165, 1.54) is 6.07 Å². The Balaban J connectivity index is 1.15. The van der Waals surface area contributed by atoms with Crippen LogP contribution in [0.4, 0.5) is 15.0 Å². The van der Waals surface area contributed by atoms with Gasteiger partial charge in [-0.25, -0.2) is 19.2 Å². The van der Waals surface area contributed by atoms with Crippen LogP contribution in [0.1, 0.15) is 52.0 Å². The number of benzene rings is 2. The molecule has 2 aromatic heterocycles. The van der Waals surface area contributed by atoms with Crippen LogP contribution < -0.4 is 5.32 Å². The fourth-order valence-electron chi connectivity index (χ4n) is 6.24. The highest BCUT2D eigenvalue weighted by molar-refractivity contribution is 6.33. The molecule has 2 aliphatic rings. The molecule has 0 atom stereocenters. The molecule has 1 aliphatic carbocycles. The van der Waals surface area contributed by atoms with Crippen molar-refractivity contribution in [1.82, 2.24) is 19.4 Å². The van der Waals surface area contributed by atoms with E-state index < -0.39 is 5.60 Å². The van der Waals surface area contributed by atoms with Gasteiger partial charge in [0.25, 0.3) is 0 Å². The Morgan fingerprint density at radius 2 is 2.00 bits per heavy atom. The number of likely N-dealkylation sites (tertiary alicyclic amines) is 1. The molecule has 3 heterocycles. The van der Waals surface area contributed by atoms with E-state index in [4.69, 9.17) is 16.3 Å². The molecule has 2 fully saturated rings. The van der Waals surface area contributed by atoms with Crippen molar-refractivity contribution >= 4 is 34.5 Å². The Kier molecular flexibility index (Phi) is 7.14. The number of amides is 1. The van der Waals surface area contributed by atoms with Gasteiger partial charge in [-0.15, -0.1) is 0 Å². The number of hydrogen-bond acceptors (Lipinski definition) is 5. The van der Waals surface area contributed by atoms with E-state index in [1.54, 1.807) is 24.7 Å². The molecule has 1 spiro atoms. The number of carbonyl (C=O) groups is 1. The molecular formula is C32H35ClFN5O2. The number of nitrogens with one attached hydrogen (secondary N) is 1. The van der Waals surface area contributed by atoms with Gasteiger partial charge in [-0.2, -0.15) is 0 Å². The monoisotopic (exact) mass is 575 g/mol. The fraction of sp³-hybridized carbons (Fsp3) is 0.406. The van der Waals surface area contributed by atoms with Crippen LogP contribution in [-0.4, -0.2) is 50.3 Å². The number of piperidine rings is 1. The average Bonchev–Trinajstić information content (AvgIpc) is 3.30. The second-order valence-corrected chi connectivity index (χ2v) is 12.9. The van der Waals surface area contributed by atoms with Gasteiger partial charge in [0.1, 0.15) is 17.2 Å². The molecule has 9 heteroatoms. The molecule has 1 aliphatic heterocycles. The maximum Gasteiger partial charge on any atom is 0.410 e. The third kappa shape index (κ3) is 6.03. The second kappa shape index (κ2) is 10.6. The van der Waals surface area contributed by atoms with Crippen molar-refractivity contribution in [2.75, 3.05) is 18.4 Å². The first-order valence-corrected chi connectivity index (χ1v) is 14.5. The first-order chi connectivity index (χ1) is 19.6. The average molecular weight is 576 g/mol. The van der Waals surface area contributed by atoms with Gasteiger partial charge < -0.3 is 19.5 Å². The molecule has 0 radical (unpaired) electrons. The van der Waals surface area contributed by atoms with E-state index in [0.717, 1.165) is 72.3 Å². The molecular weight excluding hydrogens is 541 g/mol. The molecule has 6 rings (SSSR count). The molecule has 4 aromatic rings. The third-order valence-electron chi connectivity index (χ3n) is 8.05. The van der Waals surface area contributed by atoms with Gasteiger partial charge in [0.2, 0.25) is 0 Å². The zero-order valence-corrected chi connectivity index (χ0v) is 24.4. The third-order valence-corrected chi connectivity index (χ3v) is 8.35. The quantitative estimate of drug-likeness (QED) is 0.266. The SMILES string of the molecule is CC(C)(C)OC(=O)N1CCCC2(CC(Nc3cc(-c4ccc5ncn(Cc6cccc(F)c6)c5c4)c(Cl)cn3)C2)C1. The second-order valence-electron chi connectivity index (χ2n) is 12.5. The fourth-order valence-corrected chi connectivity index (χ4v) is 6.45. The zero-order valence-electron chi connectivity index (χ0n) is 23.7. The topological polar surface area (TPSA) is 72.3 Å². The number of ether oxygens (including phenoxy) is 1. The summed E-state index contributed by atoms with van der Waals surface area (Å²) in [5.74, 6) is 0.523. The number of carbonyl (C=O) groups excluding carboxylic acids is 1. The number of fused-ring (bicyclic) bond motifs is 1. The highest BCUT2D eigenvalue weighted by atomic mass is 35.5. The van der Waals surface area contributed by atoms with Crippen molar-refractivity contribution in [3.63, 3.8) is 0 Å². The molecule has 2 aromatic carbocycles. The molecule has 1 N–H and O–H groups in total. The lowest BCUT2D eigenvalue weighted by molar-refractivity contribution is -0.0192. The number of rotatable bonds is 5. The lowest BCUT2D eigenvalue weighted by atomic mass is 9.61. The Labute approximate surface area is 244 Å². The first-order valence-electron chi connectivity index (χ1n) is 14.2. The van der Waals surface area contributed by atoms with Gasteiger partial charge >= 0.3 is 6.09 Å². The lowest BCUT2D eigenvalue weighted by Crippen LogP contribution is -2.56. The minimum absolute atomic E-state index is 0.132. The van der Waals surface area contributed by atoms with E-state index in [2.05, 4.69) is 21.4 Å². The van der Waals surface area contributed by atoms with E-state index in [0.29, 0.717) is 11.6 Å². The molecule has 1 amide bonds. The van der Waals surface area contributed by atoms with Crippen molar-refractivity contribution in [2.45, 2.75) is 64.6 Å². The van der Waals surface area contributed by atoms with Crippen LogP contribution in [0.25, 0.3) is 22.2 Å². The normalized spacial score (nSPS) is 20.7. The largest absolute Gasteiger partial charge is 0.444 e. The summed E-state index contributed by atoms with van der Waals surface area (Å²) in [7, 11) is 0. The van der Waals surface area contributed by atoms with Crippen molar-refractivity contribution < 1.29 is 13.9 Å². The summed E-state index contributed by atoms with van der Waals surface area (Å²) in [6.07, 6.45) is 7.33. The number of aromatic nitrogens is 3. The van der Waals surface area contributed by atoms with Crippen LogP contribution >= 0.6 is 11.6 Å². The molecule has 7 nitrogen and oxygen atoms in total. The van der Waals surface area contributed by atoms with Crippen LogP contribution in [0.5, 0.6) is 0 Å². The van der Waals surface area contributed by atoms with Crippen LogP contribution in [0, 0.1) is 11.2 Å². The van der Waals surface area contributed by atoms with Crippen LogP contribution in [0.15, 0.2) is 61.1 Å². The standard InChI is InChI=1S/C32H35ClFN5O2/c1-31(2,3)41-30(40)38-11-5-10-32(19-38)15-24(16-32)37-29-14-25(26(33)17-35-29)22-8-9-27-28(13-22)39(20-36-27)18-21-6-4-7-23(34)12-21/h4,6-9,12-14,17,20,24H,5,10-11,15-16,18-19H2,1-3H3,(H,35,37). The zero-order chi connectivity index (χ0) is 28.8. The van der Waals surface area contributed by atoms with E-state index >= 15 is 0 Å². The van der Waals surface area contributed by atoms with E-state index in [1.807, 2.05) is 54.5 Å². The maximum atomic E-state index is 13.7. The molecule has 41 heavy (non-hydrogen) atoms. The summed E-state index contributed by atoms with van der Waals surface area (Å²) >= 11 is 6.63. The predicted molar refractivity (Wildman–Crippen MR) is 160 cm³/mol. The first kappa shape index (κ1) is 27.5. The minimum Gasteiger partial charge on any atom is -0.444 e. The summed E-state index contributed by atoms with van der Waals surface area (Å²) in [4.78, 5) is 23.6.